The highest BCUT2D eigenvalue weighted by Crippen LogP contribution is 2.25. The van der Waals surface area contributed by atoms with Crippen molar-refractivity contribution in [2.24, 2.45) is 0 Å². The van der Waals surface area contributed by atoms with Crippen LogP contribution in [0.3, 0.4) is 0 Å². The molecule has 0 radical (unpaired) electrons. The first kappa shape index (κ1) is 12.6. The summed E-state index contributed by atoms with van der Waals surface area (Å²) in [7, 11) is -3.83. The van der Waals surface area contributed by atoms with Gasteiger partial charge in [-0.3, -0.25) is 9.71 Å². The minimum atomic E-state index is -3.83. The molecule has 0 aliphatic rings. The number of anilines is 2. The van der Waals surface area contributed by atoms with Gasteiger partial charge in [-0.05, 0) is 18.2 Å². The molecule has 8 heteroatoms. The summed E-state index contributed by atoms with van der Waals surface area (Å²) in [6.45, 7) is 0. The van der Waals surface area contributed by atoms with Crippen molar-refractivity contribution in [3.8, 4) is 0 Å². The highest BCUT2D eigenvalue weighted by Gasteiger charge is 2.18. The van der Waals surface area contributed by atoms with Crippen LogP contribution in [-0.2, 0) is 10.0 Å². The summed E-state index contributed by atoms with van der Waals surface area (Å²) in [5.74, 6) is 0.107. The number of rotatable bonds is 3. The maximum Gasteiger partial charge on any atom is 0.264 e. The summed E-state index contributed by atoms with van der Waals surface area (Å²) in [6, 6.07) is 4.22. The zero-order chi connectivity index (χ0) is 13.2. The lowest BCUT2D eigenvalue weighted by Gasteiger charge is -2.08. The molecule has 1 aromatic carbocycles. The molecule has 0 bridgehead atoms. The lowest BCUT2D eigenvalue weighted by atomic mass is 10.3. The minimum absolute atomic E-state index is 0.0839. The Hall–Kier alpha value is -1.86. The van der Waals surface area contributed by atoms with Crippen molar-refractivity contribution < 1.29 is 8.42 Å². The summed E-state index contributed by atoms with van der Waals surface area (Å²) >= 11 is 5.84. The predicted octanol–water partition coefficient (Wildman–Crippen LogP) is 1.51. The molecule has 0 aliphatic carbocycles. The lowest BCUT2D eigenvalue weighted by molar-refractivity contribution is 0.601. The van der Waals surface area contributed by atoms with E-state index in [0.717, 1.165) is 0 Å². The smallest absolute Gasteiger partial charge is 0.264 e. The van der Waals surface area contributed by atoms with Gasteiger partial charge in [-0.1, -0.05) is 11.6 Å². The summed E-state index contributed by atoms with van der Waals surface area (Å²) < 4.78 is 26.4. The third-order valence-electron chi connectivity index (χ3n) is 2.05. The van der Waals surface area contributed by atoms with E-state index in [1.165, 1.54) is 36.8 Å². The van der Waals surface area contributed by atoms with Crippen LogP contribution < -0.4 is 10.5 Å². The first-order valence-electron chi connectivity index (χ1n) is 4.83. The fraction of sp³-hybridized carbons (Fsp3) is 0. The van der Waals surface area contributed by atoms with E-state index in [4.69, 9.17) is 17.3 Å². The van der Waals surface area contributed by atoms with E-state index in [-0.39, 0.29) is 15.7 Å². The van der Waals surface area contributed by atoms with Gasteiger partial charge in [-0.2, -0.15) is 0 Å². The Morgan fingerprint density at radius 2 is 2.06 bits per heavy atom. The molecule has 6 nitrogen and oxygen atoms in total. The molecule has 18 heavy (non-hydrogen) atoms. The number of nitrogens with one attached hydrogen (secondary N) is 1. The van der Waals surface area contributed by atoms with Crippen LogP contribution in [-0.4, -0.2) is 18.4 Å². The zero-order valence-electron chi connectivity index (χ0n) is 9.04. The molecule has 0 saturated heterocycles. The second-order valence-corrected chi connectivity index (χ2v) is 5.44. The van der Waals surface area contributed by atoms with Gasteiger partial charge in [0.05, 0.1) is 11.2 Å². The molecule has 0 amide bonds. The zero-order valence-corrected chi connectivity index (χ0v) is 10.6. The molecule has 0 atom stereocenters. The summed E-state index contributed by atoms with van der Waals surface area (Å²) in [4.78, 5) is 7.47. The average Bonchev–Trinajstić information content (AvgIpc) is 2.33. The third kappa shape index (κ3) is 2.69. The van der Waals surface area contributed by atoms with E-state index in [1.54, 1.807) is 0 Å². The van der Waals surface area contributed by atoms with Crippen LogP contribution in [0.2, 0.25) is 5.02 Å². The molecule has 0 fully saturated rings. The van der Waals surface area contributed by atoms with Crippen molar-refractivity contribution in [2.75, 3.05) is 10.5 Å². The quantitative estimate of drug-likeness (QED) is 0.833. The van der Waals surface area contributed by atoms with Crippen molar-refractivity contribution in [3.05, 3.63) is 41.8 Å². The van der Waals surface area contributed by atoms with Crippen molar-refractivity contribution in [1.29, 1.82) is 0 Å². The molecule has 94 valence electrons. The maximum atomic E-state index is 12.1. The number of benzene rings is 1. The van der Waals surface area contributed by atoms with E-state index in [1.807, 2.05) is 0 Å². The monoisotopic (exact) mass is 284 g/mol. The first-order chi connectivity index (χ1) is 8.49. The predicted molar refractivity (Wildman–Crippen MR) is 68.7 cm³/mol. The Morgan fingerprint density at radius 3 is 2.72 bits per heavy atom. The molecule has 1 heterocycles. The fourth-order valence-corrected chi connectivity index (χ4v) is 2.80. The Morgan fingerprint density at radius 1 is 1.28 bits per heavy atom. The molecule has 1 aromatic heterocycles. The van der Waals surface area contributed by atoms with E-state index in [0.29, 0.717) is 5.69 Å². The number of aromatic nitrogens is 2. The average molecular weight is 285 g/mol. The first-order valence-corrected chi connectivity index (χ1v) is 6.69. The van der Waals surface area contributed by atoms with Gasteiger partial charge in [0.2, 0.25) is 0 Å². The summed E-state index contributed by atoms with van der Waals surface area (Å²) in [6.07, 6.45) is 4.10. The number of hydrogen-bond donors (Lipinski definition) is 2. The number of halogens is 1. The Labute approximate surface area is 109 Å². The molecule has 2 aromatic rings. The number of hydrogen-bond acceptors (Lipinski definition) is 5. The number of sulfonamides is 1. The number of nitrogens with zero attached hydrogens (tertiary/aromatic N) is 2. The second-order valence-electron chi connectivity index (χ2n) is 3.39. The molecule has 3 N–H and O–H groups in total. The normalized spacial score (nSPS) is 11.2. The fourth-order valence-electron chi connectivity index (χ4n) is 1.27. The Balaban J connectivity index is 2.40. The van der Waals surface area contributed by atoms with Gasteiger partial charge in [0.1, 0.15) is 4.90 Å². The third-order valence-corrected chi connectivity index (χ3v) is 3.88. The minimum Gasteiger partial charge on any atom is -0.399 e. The maximum absolute atomic E-state index is 12.1. The molecule has 2 rings (SSSR count). The van der Waals surface area contributed by atoms with E-state index in [2.05, 4.69) is 14.7 Å². The largest absolute Gasteiger partial charge is 0.399 e. The number of nitrogen functional groups attached to an aromatic ring is 1. The van der Waals surface area contributed by atoms with Gasteiger partial charge in [0.15, 0.2) is 5.82 Å². The van der Waals surface area contributed by atoms with Gasteiger partial charge < -0.3 is 5.73 Å². The van der Waals surface area contributed by atoms with Gasteiger partial charge in [0, 0.05) is 18.1 Å². The van der Waals surface area contributed by atoms with E-state index >= 15 is 0 Å². The Kier molecular flexibility index (Phi) is 3.35. The van der Waals surface area contributed by atoms with Crippen LogP contribution in [0.25, 0.3) is 0 Å². The van der Waals surface area contributed by atoms with Crippen LogP contribution in [0.1, 0.15) is 0 Å². The van der Waals surface area contributed by atoms with Gasteiger partial charge >= 0.3 is 0 Å². The number of nitrogens with two attached hydrogens (primary N) is 1. The molecule has 0 aliphatic heterocycles. The van der Waals surface area contributed by atoms with Crippen molar-refractivity contribution in [1.82, 2.24) is 9.97 Å². The van der Waals surface area contributed by atoms with E-state index < -0.39 is 10.0 Å². The molecular formula is C10H9ClN4O2S. The van der Waals surface area contributed by atoms with Crippen molar-refractivity contribution in [3.63, 3.8) is 0 Å². The molecule has 0 saturated carbocycles. The molecule has 0 spiro atoms. The standard InChI is InChI=1S/C10H9ClN4O2S/c11-8-2-1-7(12)5-9(8)18(16,17)15-10-6-13-3-4-14-10/h1-6H,12H2,(H,14,15). The topological polar surface area (TPSA) is 98.0 Å². The van der Waals surface area contributed by atoms with Gasteiger partial charge in [-0.15, -0.1) is 0 Å². The van der Waals surface area contributed by atoms with Crippen LogP contribution in [0.5, 0.6) is 0 Å². The van der Waals surface area contributed by atoms with Crippen molar-refractivity contribution in [2.45, 2.75) is 4.90 Å². The van der Waals surface area contributed by atoms with E-state index in [9.17, 15) is 8.42 Å². The Bertz CT molecular complexity index is 661. The van der Waals surface area contributed by atoms with Crippen LogP contribution >= 0.6 is 11.6 Å². The lowest BCUT2D eigenvalue weighted by Crippen LogP contribution is -2.14. The highest BCUT2D eigenvalue weighted by atomic mass is 35.5. The van der Waals surface area contributed by atoms with Crippen LogP contribution in [0.4, 0.5) is 11.5 Å². The van der Waals surface area contributed by atoms with Gasteiger partial charge in [0.25, 0.3) is 10.0 Å². The van der Waals surface area contributed by atoms with Crippen LogP contribution in [0, 0.1) is 0 Å². The van der Waals surface area contributed by atoms with Gasteiger partial charge in [-0.25, -0.2) is 13.4 Å². The summed E-state index contributed by atoms with van der Waals surface area (Å²) in [5, 5.41) is 0.0839. The van der Waals surface area contributed by atoms with Crippen LogP contribution in [0.15, 0.2) is 41.7 Å². The van der Waals surface area contributed by atoms with Crippen molar-refractivity contribution >= 4 is 33.1 Å². The molecular weight excluding hydrogens is 276 g/mol. The molecule has 0 unspecified atom stereocenters. The second kappa shape index (κ2) is 4.79. The summed E-state index contributed by atoms with van der Waals surface area (Å²) in [5.41, 5.74) is 5.84. The SMILES string of the molecule is Nc1ccc(Cl)c(S(=O)(=O)Nc2cnccn2)c1. The highest BCUT2D eigenvalue weighted by molar-refractivity contribution is 7.92.